The molecule has 1 saturated carbocycles. The number of aliphatic hydroxyl groups excluding tert-OH is 1. The van der Waals surface area contributed by atoms with Crippen LogP contribution in [0.3, 0.4) is 0 Å². The van der Waals surface area contributed by atoms with Gasteiger partial charge in [0.05, 0.1) is 19.3 Å². The number of ether oxygens (including phenoxy) is 1. The summed E-state index contributed by atoms with van der Waals surface area (Å²) in [5.74, 6) is 1.57. The molecule has 3 heteroatoms. The summed E-state index contributed by atoms with van der Waals surface area (Å²) in [6.45, 7) is 7.37. The molecular weight excluding hydrogens is 370 g/mol. The van der Waals surface area contributed by atoms with Gasteiger partial charge in [-0.1, -0.05) is 53.6 Å². The van der Waals surface area contributed by atoms with E-state index in [9.17, 15) is 5.11 Å². The third kappa shape index (κ3) is 5.84. The SMILES string of the molecule is Cc1cccc(CCC=C[C@@H]2[C@H]3CC(CCCCN4CCOCC4)=C[C@H]3C[C@H]2O)c1. The van der Waals surface area contributed by atoms with Crippen molar-refractivity contribution in [2.75, 3.05) is 32.8 Å². The van der Waals surface area contributed by atoms with Crippen LogP contribution in [0.4, 0.5) is 0 Å². The average molecular weight is 410 g/mol. The molecule has 30 heavy (non-hydrogen) atoms. The van der Waals surface area contributed by atoms with Crippen LogP contribution in [0, 0.1) is 24.7 Å². The lowest BCUT2D eigenvalue weighted by Gasteiger charge is -2.26. The number of morpholine rings is 1. The number of benzene rings is 1. The Morgan fingerprint density at radius 3 is 2.87 bits per heavy atom. The number of allylic oxidation sites excluding steroid dienone is 3. The molecule has 1 saturated heterocycles. The molecular formula is C27H39NO2. The molecule has 1 aromatic carbocycles. The normalized spacial score (nSPS) is 29.5. The second-order valence-corrected chi connectivity index (χ2v) is 9.60. The van der Waals surface area contributed by atoms with Gasteiger partial charge in [0, 0.05) is 19.0 Å². The third-order valence-electron chi connectivity index (χ3n) is 7.32. The number of nitrogens with zero attached hydrogens (tertiary/aromatic N) is 1. The fourth-order valence-corrected chi connectivity index (χ4v) is 5.67. The van der Waals surface area contributed by atoms with Gasteiger partial charge >= 0.3 is 0 Å². The lowest BCUT2D eigenvalue weighted by molar-refractivity contribution is 0.0372. The molecule has 1 aliphatic heterocycles. The van der Waals surface area contributed by atoms with E-state index in [1.165, 1.54) is 43.4 Å². The number of fused-ring (bicyclic) bond motifs is 1. The van der Waals surface area contributed by atoms with Crippen molar-refractivity contribution in [3.05, 3.63) is 59.2 Å². The zero-order valence-electron chi connectivity index (χ0n) is 18.6. The molecule has 0 bridgehead atoms. The highest BCUT2D eigenvalue weighted by Crippen LogP contribution is 2.48. The second-order valence-electron chi connectivity index (χ2n) is 9.60. The van der Waals surface area contributed by atoms with Crippen molar-refractivity contribution in [2.45, 2.75) is 58.0 Å². The summed E-state index contributed by atoms with van der Waals surface area (Å²) >= 11 is 0. The van der Waals surface area contributed by atoms with Gasteiger partial charge in [-0.25, -0.2) is 0 Å². The van der Waals surface area contributed by atoms with Crippen molar-refractivity contribution in [1.29, 1.82) is 0 Å². The maximum atomic E-state index is 10.6. The van der Waals surface area contributed by atoms with Crippen molar-refractivity contribution >= 4 is 0 Å². The first-order valence-electron chi connectivity index (χ1n) is 12.1. The second kappa shape index (κ2) is 10.7. The Morgan fingerprint density at radius 2 is 2.03 bits per heavy atom. The van der Waals surface area contributed by atoms with E-state index in [2.05, 4.69) is 54.3 Å². The Morgan fingerprint density at radius 1 is 1.17 bits per heavy atom. The van der Waals surface area contributed by atoms with E-state index in [1.807, 2.05) is 0 Å². The lowest BCUT2D eigenvalue weighted by atomic mass is 9.88. The van der Waals surface area contributed by atoms with Crippen molar-refractivity contribution < 1.29 is 9.84 Å². The molecule has 2 aliphatic carbocycles. The molecule has 0 aromatic heterocycles. The molecule has 4 rings (SSSR count). The number of unbranched alkanes of at least 4 members (excludes halogenated alkanes) is 1. The molecule has 3 aliphatic rings. The van der Waals surface area contributed by atoms with Crippen LogP contribution in [-0.2, 0) is 11.2 Å². The molecule has 1 heterocycles. The van der Waals surface area contributed by atoms with Gasteiger partial charge in [0.1, 0.15) is 0 Å². The minimum atomic E-state index is -0.158. The molecule has 1 aromatic rings. The summed E-state index contributed by atoms with van der Waals surface area (Å²) in [5.41, 5.74) is 4.39. The minimum absolute atomic E-state index is 0.158. The van der Waals surface area contributed by atoms with Gasteiger partial charge in [-0.05, 0) is 75.8 Å². The quantitative estimate of drug-likeness (QED) is 0.464. The highest BCUT2D eigenvalue weighted by molar-refractivity contribution is 5.23. The smallest absolute Gasteiger partial charge is 0.0611 e. The Labute approximate surface area is 182 Å². The number of aryl methyl sites for hydroxylation is 2. The lowest BCUT2D eigenvalue weighted by Crippen LogP contribution is -2.36. The minimum Gasteiger partial charge on any atom is -0.392 e. The fraction of sp³-hybridized carbons (Fsp3) is 0.630. The standard InChI is InChI=1S/C27H39NO2/c1-21-7-6-10-22(17-21)8-2-3-11-25-26-19-23(18-24(26)20-27(25)29)9-4-5-12-28-13-15-30-16-14-28/h3,6-7,10-11,17-18,24-27,29H,2,4-5,8-9,12-16,19-20H2,1H3/t24-,25+,26-,27+/m0/s1. The molecule has 0 unspecified atom stereocenters. The van der Waals surface area contributed by atoms with E-state index in [0.29, 0.717) is 17.8 Å². The van der Waals surface area contributed by atoms with E-state index in [4.69, 9.17) is 4.74 Å². The summed E-state index contributed by atoms with van der Waals surface area (Å²) in [4.78, 5) is 2.54. The first-order chi connectivity index (χ1) is 14.7. The van der Waals surface area contributed by atoms with Crippen molar-refractivity contribution in [3.8, 4) is 0 Å². The zero-order chi connectivity index (χ0) is 20.8. The van der Waals surface area contributed by atoms with Crippen LogP contribution < -0.4 is 0 Å². The van der Waals surface area contributed by atoms with Crippen LogP contribution in [0.1, 0.15) is 49.7 Å². The first kappa shape index (κ1) is 21.8. The summed E-state index contributed by atoms with van der Waals surface area (Å²) in [6.07, 6.45) is 15.1. The maximum absolute atomic E-state index is 10.6. The van der Waals surface area contributed by atoms with Crippen LogP contribution in [0.25, 0.3) is 0 Å². The molecule has 0 radical (unpaired) electrons. The number of aliphatic hydroxyl groups is 1. The van der Waals surface area contributed by atoms with E-state index >= 15 is 0 Å². The van der Waals surface area contributed by atoms with Gasteiger partial charge in [-0.15, -0.1) is 0 Å². The van der Waals surface area contributed by atoms with Gasteiger partial charge in [-0.3, -0.25) is 4.90 Å². The summed E-state index contributed by atoms with van der Waals surface area (Å²) in [5, 5.41) is 10.6. The monoisotopic (exact) mass is 409 g/mol. The van der Waals surface area contributed by atoms with Crippen molar-refractivity contribution in [1.82, 2.24) is 4.90 Å². The van der Waals surface area contributed by atoms with Gasteiger partial charge in [-0.2, -0.15) is 0 Å². The number of hydrogen-bond acceptors (Lipinski definition) is 3. The molecule has 0 amide bonds. The average Bonchev–Trinajstić information content (AvgIpc) is 3.26. The highest BCUT2D eigenvalue weighted by Gasteiger charge is 2.43. The van der Waals surface area contributed by atoms with Gasteiger partial charge < -0.3 is 9.84 Å². The summed E-state index contributed by atoms with van der Waals surface area (Å²) in [6, 6.07) is 8.79. The van der Waals surface area contributed by atoms with E-state index in [1.54, 1.807) is 5.57 Å². The Bertz CT molecular complexity index is 734. The molecule has 3 nitrogen and oxygen atoms in total. The fourth-order valence-electron chi connectivity index (χ4n) is 5.67. The van der Waals surface area contributed by atoms with Gasteiger partial charge in [0.2, 0.25) is 0 Å². The van der Waals surface area contributed by atoms with Crippen LogP contribution in [0.2, 0.25) is 0 Å². The maximum Gasteiger partial charge on any atom is 0.0611 e. The van der Waals surface area contributed by atoms with Crippen molar-refractivity contribution in [3.63, 3.8) is 0 Å². The van der Waals surface area contributed by atoms with E-state index in [-0.39, 0.29) is 6.10 Å². The summed E-state index contributed by atoms with van der Waals surface area (Å²) < 4.78 is 5.43. The van der Waals surface area contributed by atoms with E-state index < -0.39 is 0 Å². The first-order valence-corrected chi connectivity index (χ1v) is 12.1. The van der Waals surface area contributed by atoms with E-state index in [0.717, 1.165) is 45.6 Å². The van der Waals surface area contributed by atoms with Crippen LogP contribution in [0.5, 0.6) is 0 Å². The predicted molar refractivity (Wildman–Crippen MR) is 124 cm³/mol. The Balaban J connectivity index is 1.19. The molecule has 164 valence electrons. The molecule has 1 N–H and O–H groups in total. The van der Waals surface area contributed by atoms with Crippen LogP contribution in [0.15, 0.2) is 48.1 Å². The number of hydrogen-bond donors (Lipinski definition) is 1. The van der Waals surface area contributed by atoms with Crippen molar-refractivity contribution in [2.24, 2.45) is 17.8 Å². The van der Waals surface area contributed by atoms with Gasteiger partial charge in [0.25, 0.3) is 0 Å². The predicted octanol–water partition coefficient (Wildman–Crippen LogP) is 4.93. The van der Waals surface area contributed by atoms with Gasteiger partial charge in [0.15, 0.2) is 0 Å². The van der Waals surface area contributed by atoms with Crippen LogP contribution >= 0.6 is 0 Å². The molecule has 4 atom stereocenters. The summed E-state index contributed by atoms with van der Waals surface area (Å²) in [7, 11) is 0. The highest BCUT2D eigenvalue weighted by atomic mass is 16.5. The molecule has 2 fully saturated rings. The Kier molecular flexibility index (Phi) is 7.81. The molecule has 0 spiro atoms. The largest absolute Gasteiger partial charge is 0.392 e. The van der Waals surface area contributed by atoms with Crippen LogP contribution in [-0.4, -0.2) is 49.0 Å². The topological polar surface area (TPSA) is 32.7 Å². The zero-order valence-corrected chi connectivity index (χ0v) is 18.6. The Hall–Kier alpha value is -1.42. The number of rotatable bonds is 9. The third-order valence-corrected chi connectivity index (χ3v) is 7.32.